The fourth-order valence-corrected chi connectivity index (χ4v) is 2.70. The highest BCUT2D eigenvalue weighted by Gasteiger charge is 2.14. The fourth-order valence-electron chi connectivity index (χ4n) is 2.70. The minimum Gasteiger partial charge on any atom is -0.759 e. The smallest absolute Gasteiger partial charge is 0.233 e. The van der Waals surface area contributed by atoms with Crippen molar-refractivity contribution in [2.45, 2.75) is 26.9 Å². The highest BCUT2D eigenvalue weighted by Crippen LogP contribution is 2.35. The number of rotatable bonds is 9. The summed E-state index contributed by atoms with van der Waals surface area (Å²) in [5.74, 6) is 1.34. The van der Waals surface area contributed by atoms with E-state index in [2.05, 4.69) is 6.08 Å². The van der Waals surface area contributed by atoms with Crippen LogP contribution in [0.15, 0.2) is 54.1 Å². The first-order valence-electron chi connectivity index (χ1n) is 9.17. The van der Waals surface area contributed by atoms with Crippen LogP contribution in [-0.4, -0.2) is 20.1 Å². The van der Waals surface area contributed by atoms with Gasteiger partial charge in [0.05, 0.1) is 14.2 Å². The van der Waals surface area contributed by atoms with Crippen LogP contribution in [-0.2, 0) is 17.8 Å². The van der Waals surface area contributed by atoms with Gasteiger partial charge < -0.3 is 24.9 Å². The monoisotopic (exact) mass is 396 g/mol. The van der Waals surface area contributed by atoms with Crippen molar-refractivity contribution < 1.29 is 19.0 Å². The standard InChI is InChI=1S/C23H26NO5/c1-16(2)5-12-20-21(28-4)13-8-18(9-14-22(25)24-26)23(20)29-15-17-6-10-19(27-3)11-7-17/h5-11,13-14H,12,15H2,1-4H3,(H-,24,25,26)/q-1/b14-9+. The Morgan fingerprint density at radius 1 is 1.07 bits per heavy atom. The van der Waals surface area contributed by atoms with Crippen LogP contribution in [0, 0.1) is 5.21 Å². The molecule has 1 N–H and O–H groups in total. The average Bonchev–Trinajstić information content (AvgIpc) is 2.74. The van der Waals surface area contributed by atoms with Gasteiger partial charge in [-0.15, -0.1) is 0 Å². The first kappa shape index (κ1) is 22.0. The third-order valence-corrected chi connectivity index (χ3v) is 4.24. The first-order valence-corrected chi connectivity index (χ1v) is 9.17. The summed E-state index contributed by atoms with van der Waals surface area (Å²) in [7, 11) is 3.23. The van der Waals surface area contributed by atoms with Crippen LogP contribution in [0.5, 0.6) is 17.2 Å². The molecule has 154 valence electrons. The van der Waals surface area contributed by atoms with E-state index in [1.807, 2.05) is 44.2 Å². The zero-order chi connectivity index (χ0) is 21.2. The lowest BCUT2D eigenvalue weighted by atomic mass is 10.0. The molecule has 0 heterocycles. The summed E-state index contributed by atoms with van der Waals surface area (Å²) in [5.41, 5.74) is 5.02. The molecule has 0 fully saturated rings. The SMILES string of the molecule is COc1ccc(COc2c(/C=C/C(=O)N[O-])ccc(OC)c2CC=C(C)C)cc1. The van der Waals surface area contributed by atoms with Crippen molar-refractivity contribution in [3.63, 3.8) is 0 Å². The van der Waals surface area contributed by atoms with Crippen LogP contribution in [0.3, 0.4) is 0 Å². The summed E-state index contributed by atoms with van der Waals surface area (Å²) in [6, 6.07) is 11.2. The topological polar surface area (TPSA) is 79.9 Å². The van der Waals surface area contributed by atoms with Gasteiger partial charge in [-0.25, -0.2) is 0 Å². The molecule has 2 aromatic carbocycles. The van der Waals surface area contributed by atoms with Crippen molar-refractivity contribution in [2.75, 3.05) is 14.2 Å². The van der Waals surface area contributed by atoms with Crippen molar-refractivity contribution in [1.82, 2.24) is 5.48 Å². The van der Waals surface area contributed by atoms with Crippen LogP contribution < -0.4 is 19.7 Å². The summed E-state index contributed by atoms with van der Waals surface area (Å²) < 4.78 is 16.9. The van der Waals surface area contributed by atoms with E-state index in [0.717, 1.165) is 16.9 Å². The number of nitrogens with one attached hydrogen (secondary N) is 1. The molecule has 0 aliphatic carbocycles. The van der Waals surface area contributed by atoms with Crippen LogP contribution in [0.1, 0.15) is 30.5 Å². The van der Waals surface area contributed by atoms with Gasteiger partial charge in [0.2, 0.25) is 5.91 Å². The van der Waals surface area contributed by atoms with Gasteiger partial charge in [-0.2, -0.15) is 0 Å². The zero-order valence-electron chi connectivity index (χ0n) is 17.2. The van der Waals surface area contributed by atoms with E-state index < -0.39 is 5.91 Å². The van der Waals surface area contributed by atoms with Crippen molar-refractivity contribution in [1.29, 1.82) is 0 Å². The molecule has 0 unspecified atom stereocenters. The van der Waals surface area contributed by atoms with E-state index in [1.54, 1.807) is 26.4 Å². The number of ether oxygens (including phenoxy) is 3. The lowest BCUT2D eigenvalue weighted by Crippen LogP contribution is -2.11. The summed E-state index contributed by atoms with van der Waals surface area (Å²) in [4.78, 5) is 11.4. The van der Waals surface area contributed by atoms with Crippen molar-refractivity contribution in [3.8, 4) is 17.2 Å². The highest BCUT2D eigenvalue weighted by atomic mass is 16.5. The normalized spacial score (nSPS) is 10.5. The molecule has 29 heavy (non-hydrogen) atoms. The van der Waals surface area contributed by atoms with Crippen molar-refractivity contribution >= 4 is 12.0 Å². The Kier molecular flexibility index (Phi) is 8.30. The van der Waals surface area contributed by atoms with Gasteiger partial charge in [-0.1, -0.05) is 23.8 Å². The number of carbonyl (C=O) groups excluding carboxylic acids is 1. The second-order valence-electron chi connectivity index (χ2n) is 6.59. The van der Waals surface area contributed by atoms with Crippen molar-refractivity contribution in [2.24, 2.45) is 0 Å². The molecule has 0 radical (unpaired) electrons. The van der Waals surface area contributed by atoms with Crippen molar-refractivity contribution in [3.05, 3.63) is 76.0 Å². The second kappa shape index (κ2) is 10.9. The molecule has 0 bridgehead atoms. The van der Waals surface area contributed by atoms with E-state index in [4.69, 9.17) is 14.2 Å². The predicted molar refractivity (Wildman–Crippen MR) is 114 cm³/mol. The molecule has 6 heteroatoms. The number of hydrogen-bond acceptors (Lipinski definition) is 5. The Morgan fingerprint density at radius 2 is 1.79 bits per heavy atom. The third-order valence-electron chi connectivity index (χ3n) is 4.24. The van der Waals surface area contributed by atoms with Gasteiger partial charge in [-0.3, -0.25) is 4.79 Å². The molecule has 6 nitrogen and oxygen atoms in total. The maximum Gasteiger partial charge on any atom is 0.233 e. The maximum absolute atomic E-state index is 11.4. The molecule has 0 saturated carbocycles. The Hall–Kier alpha value is -3.25. The van der Waals surface area contributed by atoms with E-state index in [0.29, 0.717) is 30.1 Å². The molecule has 0 atom stereocenters. The van der Waals surface area contributed by atoms with Gasteiger partial charge in [0.15, 0.2) is 0 Å². The lowest BCUT2D eigenvalue weighted by molar-refractivity contribution is -0.115. The lowest BCUT2D eigenvalue weighted by Gasteiger charge is -2.17. The number of methoxy groups -OCH3 is 2. The van der Waals surface area contributed by atoms with Gasteiger partial charge in [0, 0.05) is 17.2 Å². The Balaban J connectivity index is 2.42. The van der Waals surface area contributed by atoms with Crippen LogP contribution in [0.25, 0.3) is 6.08 Å². The maximum atomic E-state index is 11.4. The van der Waals surface area contributed by atoms with E-state index in [-0.39, 0.29) is 0 Å². The Bertz CT molecular complexity index is 881. The number of benzene rings is 2. The molecular weight excluding hydrogens is 370 g/mol. The Morgan fingerprint density at radius 3 is 2.38 bits per heavy atom. The number of hydrogen-bond donors (Lipinski definition) is 1. The average molecular weight is 396 g/mol. The van der Waals surface area contributed by atoms with E-state index in [1.165, 1.54) is 17.1 Å². The van der Waals surface area contributed by atoms with Crippen LogP contribution in [0.4, 0.5) is 0 Å². The molecule has 0 saturated heterocycles. The van der Waals surface area contributed by atoms with Gasteiger partial charge in [0.1, 0.15) is 23.9 Å². The van der Waals surface area contributed by atoms with Crippen LogP contribution >= 0.6 is 0 Å². The number of hydroxylamine groups is 1. The van der Waals surface area contributed by atoms with Gasteiger partial charge in [0.25, 0.3) is 0 Å². The molecule has 1 amide bonds. The molecule has 0 aliphatic rings. The van der Waals surface area contributed by atoms with Gasteiger partial charge >= 0.3 is 0 Å². The summed E-state index contributed by atoms with van der Waals surface area (Å²) >= 11 is 0. The highest BCUT2D eigenvalue weighted by molar-refractivity contribution is 5.92. The molecule has 2 aromatic rings. The molecular formula is C23H26NO5-. The molecule has 0 aliphatic heterocycles. The largest absolute Gasteiger partial charge is 0.759 e. The minimum absolute atomic E-state index is 0.327. The van der Waals surface area contributed by atoms with Crippen LogP contribution in [0.2, 0.25) is 0 Å². The Labute approximate surface area is 171 Å². The number of allylic oxidation sites excluding steroid dienone is 2. The summed E-state index contributed by atoms with van der Waals surface area (Å²) in [6.45, 7) is 4.37. The minimum atomic E-state index is -0.729. The van der Waals surface area contributed by atoms with E-state index in [9.17, 15) is 10.0 Å². The fraction of sp³-hybridized carbons (Fsp3) is 0.261. The molecule has 2 rings (SSSR count). The quantitative estimate of drug-likeness (QED) is 0.386. The second-order valence-corrected chi connectivity index (χ2v) is 6.59. The zero-order valence-corrected chi connectivity index (χ0v) is 17.2. The summed E-state index contributed by atoms with van der Waals surface area (Å²) in [6.07, 6.45) is 5.43. The molecule has 0 aromatic heterocycles. The number of amides is 1. The first-order chi connectivity index (χ1) is 14.0. The third kappa shape index (κ3) is 6.40. The molecule has 0 spiro atoms. The predicted octanol–water partition coefficient (Wildman–Crippen LogP) is 4.42. The summed E-state index contributed by atoms with van der Waals surface area (Å²) in [5, 5.41) is 10.5. The van der Waals surface area contributed by atoms with Gasteiger partial charge in [-0.05, 0) is 56.2 Å². The van der Waals surface area contributed by atoms with E-state index >= 15 is 0 Å². The number of carbonyl (C=O) groups is 1.